The van der Waals surface area contributed by atoms with Crippen LogP contribution in [0.5, 0.6) is 0 Å². The van der Waals surface area contributed by atoms with Crippen molar-refractivity contribution in [3.05, 3.63) is 53.2 Å². The Balaban J connectivity index is 1.55. The molecule has 12 heteroatoms. The molecule has 0 spiro atoms. The van der Waals surface area contributed by atoms with Gasteiger partial charge >= 0.3 is 0 Å². The van der Waals surface area contributed by atoms with Gasteiger partial charge in [0.15, 0.2) is 5.82 Å². The molecule has 2 aliphatic heterocycles. The normalized spacial score (nSPS) is 19.7. The number of halogens is 3. The predicted molar refractivity (Wildman–Crippen MR) is 162 cm³/mol. The lowest BCUT2D eigenvalue weighted by Gasteiger charge is -2.45. The Morgan fingerprint density at radius 2 is 1.81 bits per heavy atom. The average Bonchev–Trinajstić information content (AvgIpc) is 3.29. The predicted octanol–water partition coefficient (Wildman–Crippen LogP) is 4.77. The number of benzene rings is 2. The van der Waals surface area contributed by atoms with E-state index < -0.39 is 11.8 Å². The van der Waals surface area contributed by atoms with E-state index >= 15 is 4.39 Å². The van der Waals surface area contributed by atoms with Crippen LogP contribution in [0.25, 0.3) is 32.9 Å². The van der Waals surface area contributed by atoms with Crippen LogP contribution in [0.1, 0.15) is 19.4 Å². The quantitative estimate of drug-likeness (QED) is 0.333. The minimum Gasteiger partial charge on any atom is -0.349 e. The first-order valence-corrected chi connectivity index (χ1v) is 14.3. The molecule has 2 aromatic heterocycles. The summed E-state index contributed by atoms with van der Waals surface area (Å²) >= 11 is 6.85. The number of fused-ring (bicyclic) bond motifs is 2. The SMILES string of the molecule is C=CC(=O)N1C[C@H](C)N(c2nc(N3CC(N(C)C)C3)nc3c(F)c(-c4c(C)ccc5c(F)[nH]nc45)c(Cl)cc23)C[C@H]1C. The van der Waals surface area contributed by atoms with E-state index in [1.54, 1.807) is 23.1 Å². The van der Waals surface area contributed by atoms with Crippen molar-refractivity contribution in [2.45, 2.75) is 38.9 Å². The standard InChI is InChI=1S/C30H33ClF2N8O/c1-7-22(42)40-11-17(4)41(12-16(40)3)29-20-10-21(31)24(23-15(2)8-9-19-26(23)36-37-28(19)33)25(32)27(20)34-30(35-29)39-13-18(14-39)38(5)6/h7-10,16-18H,1,11-14H2,2-6H3,(H,36,37)/t16-,17+/m1/s1. The van der Waals surface area contributed by atoms with Gasteiger partial charge in [0.25, 0.3) is 0 Å². The van der Waals surface area contributed by atoms with Crippen LogP contribution >= 0.6 is 11.6 Å². The summed E-state index contributed by atoms with van der Waals surface area (Å²) in [6.45, 7) is 11.8. The lowest BCUT2D eigenvalue weighted by molar-refractivity contribution is -0.128. The number of aromatic nitrogens is 4. The van der Waals surface area contributed by atoms with Gasteiger partial charge < -0.3 is 19.6 Å². The van der Waals surface area contributed by atoms with E-state index in [0.29, 0.717) is 66.0 Å². The molecule has 2 atom stereocenters. The Bertz CT molecular complexity index is 1730. The van der Waals surface area contributed by atoms with E-state index in [-0.39, 0.29) is 39.5 Å². The maximum absolute atomic E-state index is 16.8. The van der Waals surface area contributed by atoms with Crippen LogP contribution in [0.4, 0.5) is 20.5 Å². The Morgan fingerprint density at radius 1 is 1.07 bits per heavy atom. The molecule has 0 bridgehead atoms. The monoisotopic (exact) mass is 594 g/mol. The minimum absolute atomic E-state index is 0.118. The molecule has 0 saturated carbocycles. The van der Waals surface area contributed by atoms with Gasteiger partial charge in [-0.3, -0.25) is 9.89 Å². The molecule has 1 N–H and O–H groups in total. The maximum Gasteiger partial charge on any atom is 0.246 e. The Hall–Kier alpha value is -3.83. The van der Waals surface area contributed by atoms with Gasteiger partial charge in [-0.1, -0.05) is 24.2 Å². The topological polar surface area (TPSA) is 84.5 Å². The summed E-state index contributed by atoms with van der Waals surface area (Å²) in [6.07, 6.45) is 1.33. The Morgan fingerprint density at radius 3 is 2.50 bits per heavy atom. The zero-order chi connectivity index (χ0) is 30.0. The first-order chi connectivity index (χ1) is 20.0. The van der Waals surface area contributed by atoms with Crippen LogP contribution in [0, 0.1) is 18.7 Å². The smallest absolute Gasteiger partial charge is 0.246 e. The number of nitrogens with one attached hydrogen (secondary N) is 1. The number of H-pyrrole nitrogens is 1. The average molecular weight is 595 g/mol. The minimum atomic E-state index is -0.618. The van der Waals surface area contributed by atoms with Crippen LogP contribution in [-0.2, 0) is 4.79 Å². The van der Waals surface area contributed by atoms with Gasteiger partial charge in [0.1, 0.15) is 16.9 Å². The summed E-state index contributed by atoms with van der Waals surface area (Å²) in [5.41, 5.74) is 1.65. The van der Waals surface area contributed by atoms with Crippen molar-refractivity contribution in [1.29, 1.82) is 0 Å². The van der Waals surface area contributed by atoms with Crippen LogP contribution in [-0.4, -0.2) is 94.3 Å². The number of hydrogen-bond donors (Lipinski definition) is 1. The highest BCUT2D eigenvalue weighted by atomic mass is 35.5. The number of aromatic amines is 1. The number of anilines is 2. The zero-order valence-electron chi connectivity index (χ0n) is 24.2. The maximum atomic E-state index is 16.8. The molecule has 1 amide bonds. The number of piperazine rings is 1. The van der Waals surface area contributed by atoms with Crippen molar-refractivity contribution in [2.75, 3.05) is 50.1 Å². The van der Waals surface area contributed by atoms with Crippen LogP contribution in [0.2, 0.25) is 5.02 Å². The molecule has 4 heterocycles. The molecule has 2 aromatic carbocycles. The summed E-state index contributed by atoms with van der Waals surface area (Å²) < 4.78 is 31.2. The molecule has 2 fully saturated rings. The first-order valence-electron chi connectivity index (χ1n) is 13.9. The number of aryl methyl sites for hydroxylation is 1. The van der Waals surface area contributed by atoms with Crippen LogP contribution in [0.3, 0.4) is 0 Å². The highest BCUT2D eigenvalue weighted by Crippen LogP contribution is 2.43. The van der Waals surface area contributed by atoms with Gasteiger partial charge in [-0.25, -0.2) is 9.37 Å². The number of nitrogens with zero attached hydrogens (tertiary/aromatic N) is 7. The summed E-state index contributed by atoms with van der Waals surface area (Å²) in [5.74, 6) is -0.363. The molecule has 6 rings (SSSR count). The number of likely N-dealkylation sites (N-methyl/N-ethyl adjacent to an activating group) is 1. The molecule has 0 unspecified atom stereocenters. The fourth-order valence-electron chi connectivity index (χ4n) is 6.02. The highest BCUT2D eigenvalue weighted by molar-refractivity contribution is 6.35. The van der Waals surface area contributed by atoms with E-state index in [0.717, 1.165) is 0 Å². The van der Waals surface area contributed by atoms with Crippen molar-refractivity contribution >= 4 is 51.1 Å². The molecular weight excluding hydrogens is 562 g/mol. The van der Waals surface area contributed by atoms with Crippen molar-refractivity contribution < 1.29 is 13.6 Å². The summed E-state index contributed by atoms with van der Waals surface area (Å²) in [5, 5.41) is 7.36. The summed E-state index contributed by atoms with van der Waals surface area (Å²) in [6, 6.07) is 5.11. The molecule has 42 heavy (non-hydrogen) atoms. The number of carbonyl (C=O) groups excluding carboxylic acids is 1. The molecule has 0 radical (unpaired) electrons. The molecule has 220 valence electrons. The van der Waals surface area contributed by atoms with Crippen LogP contribution in [0.15, 0.2) is 30.9 Å². The number of amides is 1. The number of hydrogen-bond acceptors (Lipinski definition) is 7. The summed E-state index contributed by atoms with van der Waals surface area (Å²) in [4.78, 5) is 30.3. The molecule has 4 aromatic rings. The van der Waals surface area contributed by atoms with Crippen molar-refractivity contribution in [3.8, 4) is 11.1 Å². The van der Waals surface area contributed by atoms with E-state index in [9.17, 15) is 9.18 Å². The van der Waals surface area contributed by atoms with Gasteiger partial charge in [-0.05, 0) is 58.6 Å². The molecule has 9 nitrogen and oxygen atoms in total. The lowest BCUT2D eigenvalue weighted by Crippen LogP contribution is -2.59. The van der Waals surface area contributed by atoms with Crippen LogP contribution < -0.4 is 9.80 Å². The van der Waals surface area contributed by atoms with E-state index in [4.69, 9.17) is 21.6 Å². The van der Waals surface area contributed by atoms with Gasteiger partial charge in [-0.15, -0.1) is 0 Å². The molecule has 2 saturated heterocycles. The van der Waals surface area contributed by atoms with Gasteiger partial charge in [0.05, 0.1) is 10.4 Å². The second-order valence-corrected chi connectivity index (χ2v) is 12.0. The third kappa shape index (κ3) is 4.46. The Kier molecular flexibility index (Phi) is 7.05. The molecule has 2 aliphatic rings. The summed E-state index contributed by atoms with van der Waals surface area (Å²) in [7, 11) is 4.05. The largest absolute Gasteiger partial charge is 0.349 e. The second-order valence-electron chi connectivity index (χ2n) is 11.5. The fraction of sp³-hybridized carbons (Fsp3) is 0.400. The number of rotatable bonds is 5. The highest BCUT2D eigenvalue weighted by Gasteiger charge is 2.36. The van der Waals surface area contributed by atoms with E-state index in [2.05, 4.69) is 26.6 Å². The van der Waals surface area contributed by atoms with Gasteiger partial charge in [-0.2, -0.15) is 14.5 Å². The second kappa shape index (κ2) is 10.5. The van der Waals surface area contributed by atoms with Crippen molar-refractivity contribution in [3.63, 3.8) is 0 Å². The van der Waals surface area contributed by atoms with E-state index in [1.807, 2.05) is 39.8 Å². The molecular formula is C30H33ClF2N8O. The first kappa shape index (κ1) is 28.3. The third-order valence-electron chi connectivity index (χ3n) is 8.58. The van der Waals surface area contributed by atoms with E-state index in [1.165, 1.54) is 6.08 Å². The number of carbonyl (C=O) groups is 1. The Labute approximate surface area is 247 Å². The van der Waals surface area contributed by atoms with Gasteiger partial charge in [0, 0.05) is 60.8 Å². The third-order valence-corrected chi connectivity index (χ3v) is 8.88. The van der Waals surface area contributed by atoms with Crippen molar-refractivity contribution in [2.24, 2.45) is 0 Å². The van der Waals surface area contributed by atoms with Crippen molar-refractivity contribution in [1.82, 2.24) is 30.0 Å². The zero-order valence-corrected chi connectivity index (χ0v) is 25.0. The fourth-order valence-corrected chi connectivity index (χ4v) is 6.30. The molecule has 0 aliphatic carbocycles. The van der Waals surface area contributed by atoms with Gasteiger partial charge in [0.2, 0.25) is 17.8 Å². The lowest BCUT2D eigenvalue weighted by atomic mass is 9.96.